The van der Waals surface area contributed by atoms with E-state index in [0.717, 1.165) is 36.0 Å². The topological polar surface area (TPSA) is 67.2 Å². The first-order valence-electron chi connectivity index (χ1n) is 13.9. The van der Waals surface area contributed by atoms with Gasteiger partial charge in [0, 0.05) is 31.0 Å². The molecule has 6 nitrogen and oxygen atoms in total. The normalized spacial score (nSPS) is 22.2. The molecule has 0 aliphatic carbocycles. The Hall–Kier alpha value is -2.22. The monoisotopic (exact) mass is 522 g/mol. The summed E-state index contributed by atoms with van der Waals surface area (Å²) in [4.78, 5) is 8.14. The molecule has 2 aliphatic rings. The van der Waals surface area contributed by atoms with Gasteiger partial charge in [0.25, 0.3) is 0 Å². The fraction of sp³-hybridized carbons (Fsp3) is 0.567. The van der Waals surface area contributed by atoms with Crippen molar-refractivity contribution in [3.63, 3.8) is 0 Å². The van der Waals surface area contributed by atoms with Gasteiger partial charge in [0.2, 0.25) is 0 Å². The molecule has 5 rings (SSSR count). The number of sulfone groups is 1. The summed E-state index contributed by atoms with van der Waals surface area (Å²) in [6.07, 6.45) is 7.49. The van der Waals surface area contributed by atoms with Crippen molar-refractivity contribution >= 4 is 20.9 Å². The molecule has 0 spiro atoms. The number of benzene rings is 2. The number of aryl methyl sites for hydroxylation is 2. The van der Waals surface area contributed by atoms with Crippen LogP contribution >= 0.6 is 0 Å². The Bertz CT molecular complexity index is 1350. The SMILES string of the molecule is Cc1c(C2CCN(C3CCNCC3)[C@H](CC(C)C)C2)ccc2nc(-c3ccc(S(C)(=O)=O)cc3)n(C)c12. The summed E-state index contributed by atoms with van der Waals surface area (Å²) in [5, 5.41) is 3.54. The standard InChI is InChI=1S/C30H42N4O2S/c1-20(2)18-25-19-23(14-17-34(25)24-12-15-31-16-13-24)27-10-11-28-29(21(27)3)33(4)30(32-28)22-6-8-26(9-7-22)37(5,35)36/h6-11,20,23-25,31H,12-19H2,1-5H3/t23?,25-/m1/s1. The molecule has 2 aromatic carbocycles. The largest absolute Gasteiger partial charge is 0.327 e. The van der Waals surface area contributed by atoms with Gasteiger partial charge in [0.1, 0.15) is 5.82 Å². The van der Waals surface area contributed by atoms with Crippen LogP contribution in [0.15, 0.2) is 41.3 Å². The summed E-state index contributed by atoms with van der Waals surface area (Å²) in [5.74, 6) is 2.14. The summed E-state index contributed by atoms with van der Waals surface area (Å²) in [5.41, 5.74) is 5.90. The van der Waals surface area contributed by atoms with E-state index in [-0.39, 0.29) is 0 Å². The molecule has 0 saturated carbocycles. The lowest BCUT2D eigenvalue weighted by molar-refractivity contribution is 0.0561. The van der Waals surface area contributed by atoms with E-state index < -0.39 is 9.84 Å². The predicted octanol–water partition coefficient (Wildman–Crippen LogP) is 5.30. The Labute approximate surface area is 222 Å². The Morgan fingerprint density at radius 1 is 1.05 bits per heavy atom. The summed E-state index contributed by atoms with van der Waals surface area (Å²) in [7, 11) is -1.14. The lowest BCUT2D eigenvalue weighted by atomic mass is 9.79. The molecule has 1 aromatic heterocycles. The maximum absolute atomic E-state index is 11.9. The smallest absolute Gasteiger partial charge is 0.175 e. The average molecular weight is 523 g/mol. The van der Waals surface area contributed by atoms with Gasteiger partial charge in [0.15, 0.2) is 9.84 Å². The van der Waals surface area contributed by atoms with Crippen molar-refractivity contribution in [2.75, 3.05) is 25.9 Å². The molecule has 2 atom stereocenters. The number of piperidine rings is 2. The van der Waals surface area contributed by atoms with Crippen molar-refractivity contribution in [3.05, 3.63) is 47.5 Å². The molecule has 7 heteroatoms. The van der Waals surface area contributed by atoms with Gasteiger partial charge in [-0.15, -0.1) is 0 Å². The highest BCUT2D eigenvalue weighted by atomic mass is 32.2. The highest BCUT2D eigenvalue weighted by Crippen LogP contribution is 2.39. The molecule has 1 unspecified atom stereocenters. The lowest BCUT2D eigenvalue weighted by Gasteiger charge is -2.46. The Kier molecular flexibility index (Phi) is 7.49. The van der Waals surface area contributed by atoms with Gasteiger partial charge in [-0.1, -0.05) is 19.9 Å². The van der Waals surface area contributed by atoms with Crippen LogP contribution in [-0.4, -0.2) is 60.8 Å². The van der Waals surface area contributed by atoms with Crippen LogP contribution in [0.5, 0.6) is 0 Å². The van der Waals surface area contributed by atoms with Crippen molar-refractivity contribution in [2.24, 2.45) is 13.0 Å². The van der Waals surface area contributed by atoms with Crippen LogP contribution in [0.3, 0.4) is 0 Å². The molecule has 2 saturated heterocycles. The van der Waals surface area contributed by atoms with Crippen LogP contribution < -0.4 is 5.32 Å². The second-order valence-electron chi connectivity index (χ2n) is 11.7. The zero-order valence-corrected chi connectivity index (χ0v) is 23.8. The summed E-state index contributed by atoms with van der Waals surface area (Å²) in [6.45, 7) is 10.5. The maximum Gasteiger partial charge on any atom is 0.175 e. The molecule has 0 radical (unpaired) electrons. The molecule has 3 heterocycles. The van der Waals surface area contributed by atoms with E-state index in [1.165, 1.54) is 61.5 Å². The van der Waals surface area contributed by atoms with Gasteiger partial charge in [-0.2, -0.15) is 0 Å². The number of likely N-dealkylation sites (tertiary alicyclic amines) is 1. The minimum Gasteiger partial charge on any atom is -0.327 e. The van der Waals surface area contributed by atoms with Crippen molar-refractivity contribution in [1.29, 1.82) is 0 Å². The molecule has 0 amide bonds. The molecular weight excluding hydrogens is 480 g/mol. The Morgan fingerprint density at radius 2 is 1.76 bits per heavy atom. The number of hydrogen-bond acceptors (Lipinski definition) is 5. The highest BCUT2D eigenvalue weighted by Gasteiger charge is 2.35. The van der Waals surface area contributed by atoms with Crippen molar-refractivity contribution in [2.45, 2.75) is 75.8 Å². The predicted molar refractivity (Wildman–Crippen MR) is 152 cm³/mol. The van der Waals surface area contributed by atoms with Crippen LogP contribution in [0.4, 0.5) is 0 Å². The third kappa shape index (κ3) is 5.36. The van der Waals surface area contributed by atoms with Crippen LogP contribution in [0.1, 0.15) is 63.0 Å². The molecular formula is C30H42N4O2S. The summed E-state index contributed by atoms with van der Waals surface area (Å²) < 4.78 is 26.0. The Balaban J connectivity index is 1.44. The number of nitrogens with zero attached hydrogens (tertiary/aromatic N) is 3. The van der Waals surface area contributed by atoms with Crippen LogP contribution in [-0.2, 0) is 16.9 Å². The van der Waals surface area contributed by atoms with Crippen molar-refractivity contribution < 1.29 is 8.42 Å². The Morgan fingerprint density at radius 3 is 2.41 bits per heavy atom. The summed E-state index contributed by atoms with van der Waals surface area (Å²) in [6, 6.07) is 12.9. The summed E-state index contributed by atoms with van der Waals surface area (Å²) >= 11 is 0. The number of nitrogens with one attached hydrogen (secondary N) is 1. The quantitative estimate of drug-likeness (QED) is 0.476. The third-order valence-corrected chi connectivity index (χ3v) is 9.72. The van der Waals surface area contributed by atoms with E-state index in [4.69, 9.17) is 4.98 Å². The minimum absolute atomic E-state index is 0.334. The first-order chi connectivity index (χ1) is 17.6. The molecule has 37 heavy (non-hydrogen) atoms. The fourth-order valence-electron chi connectivity index (χ4n) is 6.81. The second kappa shape index (κ2) is 10.5. The average Bonchev–Trinajstić information content (AvgIpc) is 3.21. The van der Waals surface area contributed by atoms with Crippen LogP contribution in [0.2, 0.25) is 0 Å². The molecule has 3 aromatic rings. The number of aromatic nitrogens is 2. The highest BCUT2D eigenvalue weighted by molar-refractivity contribution is 7.90. The van der Waals surface area contributed by atoms with Gasteiger partial charge in [0.05, 0.1) is 15.9 Å². The van der Waals surface area contributed by atoms with Crippen molar-refractivity contribution in [1.82, 2.24) is 19.8 Å². The van der Waals surface area contributed by atoms with Crippen LogP contribution in [0, 0.1) is 12.8 Å². The van der Waals surface area contributed by atoms with E-state index in [9.17, 15) is 8.42 Å². The zero-order valence-electron chi connectivity index (χ0n) is 23.0. The van der Waals surface area contributed by atoms with Gasteiger partial charge in [-0.3, -0.25) is 4.90 Å². The van der Waals surface area contributed by atoms with E-state index in [0.29, 0.717) is 22.8 Å². The van der Waals surface area contributed by atoms with Crippen molar-refractivity contribution in [3.8, 4) is 11.4 Å². The maximum atomic E-state index is 11.9. The van der Waals surface area contributed by atoms with E-state index in [1.807, 2.05) is 12.1 Å². The van der Waals surface area contributed by atoms with E-state index in [1.54, 1.807) is 12.1 Å². The molecule has 200 valence electrons. The van der Waals surface area contributed by atoms with Gasteiger partial charge in [-0.05, 0) is 112 Å². The van der Waals surface area contributed by atoms with Gasteiger partial charge < -0.3 is 9.88 Å². The number of hydrogen-bond donors (Lipinski definition) is 1. The van der Waals surface area contributed by atoms with Gasteiger partial charge >= 0.3 is 0 Å². The van der Waals surface area contributed by atoms with E-state index >= 15 is 0 Å². The first kappa shape index (κ1) is 26.4. The number of imidazole rings is 1. The fourth-order valence-corrected chi connectivity index (χ4v) is 7.44. The molecule has 1 N–H and O–H groups in total. The lowest BCUT2D eigenvalue weighted by Crippen LogP contribution is -2.51. The molecule has 0 bridgehead atoms. The second-order valence-corrected chi connectivity index (χ2v) is 13.7. The number of rotatable bonds is 6. The first-order valence-corrected chi connectivity index (χ1v) is 15.8. The molecule has 2 aliphatic heterocycles. The van der Waals surface area contributed by atoms with E-state index in [2.05, 4.69) is 54.7 Å². The number of fused-ring (bicyclic) bond motifs is 1. The van der Waals surface area contributed by atoms with Crippen LogP contribution in [0.25, 0.3) is 22.4 Å². The molecule has 2 fully saturated rings. The third-order valence-electron chi connectivity index (χ3n) is 8.59. The minimum atomic E-state index is -3.22. The van der Waals surface area contributed by atoms with Gasteiger partial charge in [-0.25, -0.2) is 13.4 Å². The zero-order chi connectivity index (χ0) is 26.3.